The number of amides is 1. The molecule has 12 nitrogen and oxygen atoms in total. The average Bonchev–Trinajstić information content (AvgIpc) is 3.16. The van der Waals surface area contributed by atoms with Crippen LogP contribution in [0.5, 0.6) is 0 Å². The Bertz CT molecular complexity index is 1410. The van der Waals surface area contributed by atoms with Gasteiger partial charge in [0.2, 0.25) is 5.79 Å². The summed E-state index contributed by atoms with van der Waals surface area (Å²) in [5, 5.41) is 23.8. The molecule has 0 aromatic heterocycles. The summed E-state index contributed by atoms with van der Waals surface area (Å²) < 4.78 is 30.4. The molecule has 1 aliphatic carbocycles. The van der Waals surface area contributed by atoms with Crippen molar-refractivity contribution in [3.63, 3.8) is 0 Å². The van der Waals surface area contributed by atoms with Crippen molar-refractivity contribution in [3.05, 3.63) is 23.3 Å². The second-order valence-electron chi connectivity index (χ2n) is 17.6. The van der Waals surface area contributed by atoms with Crippen LogP contribution in [-0.2, 0) is 42.9 Å². The Hall–Kier alpha value is -2.32. The molecule has 13 unspecified atom stereocenters. The number of carbonyl (C=O) groups excluding carboxylic acids is 4. The first kappa shape index (κ1) is 46.4. The van der Waals surface area contributed by atoms with E-state index in [4.69, 9.17) is 23.7 Å². The first-order chi connectivity index (χ1) is 26.5. The van der Waals surface area contributed by atoms with Crippen LogP contribution in [0, 0.1) is 29.6 Å². The summed E-state index contributed by atoms with van der Waals surface area (Å²) in [6.07, 6.45) is 7.84. The molecule has 1 amide bonds. The van der Waals surface area contributed by atoms with Gasteiger partial charge >= 0.3 is 0 Å². The SMILES string of the molecule is COC1CCCC(/C=C(\C)C2OCC3CCCCN3C(=O)C(=O)C3(O)OC(C(OC)CC(C)C/C(C)=C/C(CC(C)=O)C(=O)CC(O)C2C)C(OC)CC3C)C1. The van der Waals surface area contributed by atoms with Crippen molar-refractivity contribution in [1.29, 1.82) is 0 Å². The maximum atomic E-state index is 14.2. The monoisotopic (exact) mass is 790 g/mol. The molecule has 3 fully saturated rings. The molecule has 1 saturated carbocycles. The Labute approximate surface area is 335 Å². The lowest BCUT2D eigenvalue weighted by Gasteiger charge is -2.47. The number of fused-ring (bicyclic) bond motifs is 3. The second kappa shape index (κ2) is 21.1. The lowest BCUT2D eigenvalue weighted by Crippen LogP contribution is -2.64. The number of aliphatic hydroxyl groups is 2. The van der Waals surface area contributed by atoms with E-state index in [0.29, 0.717) is 32.2 Å². The highest BCUT2D eigenvalue weighted by molar-refractivity contribution is 6.38. The number of nitrogens with zero attached hydrogens (tertiary/aromatic N) is 1. The third-order valence-corrected chi connectivity index (χ3v) is 12.9. The van der Waals surface area contributed by atoms with Crippen molar-refractivity contribution < 1.29 is 53.1 Å². The highest BCUT2D eigenvalue weighted by atomic mass is 16.7. The largest absolute Gasteiger partial charge is 0.392 e. The van der Waals surface area contributed by atoms with Gasteiger partial charge in [0.25, 0.3) is 11.7 Å². The summed E-state index contributed by atoms with van der Waals surface area (Å²) in [4.78, 5) is 56.3. The maximum Gasteiger partial charge on any atom is 0.296 e. The molecule has 2 saturated heterocycles. The van der Waals surface area contributed by atoms with Crippen LogP contribution in [0.4, 0.5) is 0 Å². The summed E-state index contributed by atoms with van der Waals surface area (Å²) in [5.74, 6) is -6.24. The molecule has 13 atom stereocenters. The van der Waals surface area contributed by atoms with Crippen LogP contribution < -0.4 is 0 Å². The number of ether oxygens (including phenoxy) is 5. The Balaban J connectivity index is 1.75. The molecule has 0 spiro atoms. The first-order valence-electron chi connectivity index (χ1n) is 21.0. The van der Waals surface area contributed by atoms with E-state index < -0.39 is 71.8 Å². The third-order valence-electron chi connectivity index (χ3n) is 12.9. The van der Waals surface area contributed by atoms with Crippen LogP contribution in [0.25, 0.3) is 0 Å². The van der Waals surface area contributed by atoms with Crippen molar-refractivity contribution in [2.75, 3.05) is 34.5 Å². The Kier molecular flexibility index (Phi) is 17.5. The molecule has 0 aromatic rings. The van der Waals surface area contributed by atoms with Crippen LogP contribution in [0.2, 0.25) is 0 Å². The quantitative estimate of drug-likeness (QED) is 0.246. The van der Waals surface area contributed by atoms with Gasteiger partial charge in [0, 0.05) is 58.5 Å². The van der Waals surface area contributed by atoms with Gasteiger partial charge in [-0.3, -0.25) is 19.2 Å². The number of rotatable bonds is 7. The molecule has 56 heavy (non-hydrogen) atoms. The number of hydrogen-bond donors (Lipinski definition) is 2. The first-order valence-corrected chi connectivity index (χ1v) is 21.0. The predicted molar refractivity (Wildman–Crippen MR) is 212 cm³/mol. The van der Waals surface area contributed by atoms with Crippen LogP contribution in [0.15, 0.2) is 23.3 Å². The summed E-state index contributed by atoms with van der Waals surface area (Å²) in [6.45, 7) is 11.4. The number of hydrogen-bond acceptors (Lipinski definition) is 11. The van der Waals surface area contributed by atoms with Gasteiger partial charge in [-0.1, -0.05) is 44.9 Å². The molecule has 12 heteroatoms. The lowest BCUT2D eigenvalue weighted by atomic mass is 9.82. The van der Waals surface area contributed by atoms with Gasteiger partial charge < -0.3 is 38.8 Å². The number of methoxy groups -OCH3 is 3. The van der Waals surface area contributed by atoms with Crippen LogP contribution in [-0.4, -0.2) is 121 Å². The molecule has 3 heterocycles. The molecule has 4 rings (SSSR count). The minimum Gasteiger partial charge on any atom is -0.392 e. The fourth-order valence-electron chi connectivity index (χ4n) is 9.64. The van der Waals surface area contributed by atoms with Gasteiger partial charge in [0.1, 0.15) is 17.7 Å². The van der Waals surface area contributed by atoms with Crippen molar-refractivity contribution in [2.24, 2.45) is 29.6 Å². The predicted octanol–water partition coefficient (Wildman–Crippen LogP) is 5.54. The van der Waals surface area contributed by atoms with E-state index in [9.17, 15) is 29.4 Å². The number of Topliss-reactive ketones (excluding diaryl/α,β-unsaturated/α-hetero) is 3. The van der Waals surface area contributed by atoms with E-state index >= 15 is 0 Å². The molecule has 2 bridgehead atoms. The van der Waals surface area contributed by atoms with Gasteiger partial charge in [-0.05, 0) is 96.0 Å². The molecule has 2 N–H and O–H groups in total. The molecular formula is C44H71NO11. The smallest absolute Gasteiger partial charge is 0.296 e. The highest BCUT2D eigenvalue weighted by Gasteiger charge is 2.56. The Morgan fingerprint density at radius 1 is 0.946 bits per heavy atom. The van der Waals surface area contributed by atoms with Gasteiger partial charge in [-0.2, -0.15) is 0 Å². The summed E-state index contributed by atoms with van der Waals surface area (Å²) >= 11 is 0. The third kappa shape index (κ3) is 11.7. The number of aliphatic hydroxyl groups excluding tert-OH is 1. The fraction of sp³-hybridized carbons (Fsp3) is 0.818. The number of carbonyl (C=O) groups is 4. The van der Waals surface area contributed by atoms with E-state index in [1.807, 2.05) is 33.8 Å². The van der Waals surface area contributed by atoms with Crippen molar-refractivity contribution >= 4 is 23.3 Å². The zero-order valence-corrected chi connectivity index (χ0v) is 35.5. The van der Waals surface area contributed by atoms with Crippen molar-refractivity contribution in [1.82, 2.24) is 4.90 Å². The molecule has 0 radical (unpaired) electrons. The van der Waals surface area contributed by atoms with E-state index in [0.717, 1.165) is 43.3 Å². The summed E-state index contributed by atoms with van der Waals surface area (Å²) in [5.41, 5.74) is 1.83. The second-order valence-corrected chi connectivity index (χ2v) is 17.6. The minimum atomic E-state index is -2.39. The fourth-order valence-corrected chi connectivity index (χ4v) is 9.64. The number of ketones is 3. The zero-order valence-electron chi connectivity index (χ0n) is 35.5. The van der Waals surface area contributed by atoms with Crippen molar-refractivity contribution in [2.45, 2.75) is 167 Å². The summed E-state index contributed by atoms with van der Waals surface area (Å²) in [7, 11) is 4.84. The van der Waals surface area contributed by atoms with E-state index in [1.54, 1.807) is 28.3 Å². The van der Waals surface area contributed by atoms with Crippen molar-refractivity contribution in [3.8, 4) is 0 Å². The van der Waals surface area contributed by atoms with E-state index in [-0.39, 0.29) is 55.4 Å². The van der Waals surface area contributed by atoms with Crippen LogP contribution in [0.3, 0.4) is 0 Å². The van der Waals surface area contributed by atoms with Crippen LogP contribution >= 0.6 is 0 Å². The van der Waals surface area contributed by atoms with E-state index in [2.05, 4.69) is 6.08 Å². The van der Waals surface area contributed by atoms with Gasteiger partial charge in [0.15, 0.2) is 0 Å². The molecule has 0 aromatic carbocycles. The zero-order chi connectivity index (χ0) is 41.3. The Morgan fingerprint density at radius 2 is 1.64 bits per heavy atom. The van der Waals surface area contributed by atoms with Gasteiger partial charge in [-0.15, -0.1) is 0 Å². The molecule has 3 aliphatic heterocycles. The normalized spacial score (nSPS) is 40.3. The average molecular weight is 790 g/mol. The van der Waals surface area contributed by atoms with Gasteiger partial charge in [-0.25, -0.2) is 0 Å². The number of piperidine rings is 1. The van der Waals surface area contributed by atoms with Gasteiger partial charge in [0.05, 0.1) is 43.2 Å². The highest BCUT2D eigenvalue weighted by Crippen LogP contribution is 2.39. The number of allylic oxidation sites excluding steroid dienone is 3. The molecule has 4 aliphatic rings. The minimum absolute atomic E-state index is 0.00000619. The topological polar surface area (TPSA) is 158 Å². The van der Waals surface area contributed by atoms with E-state index in [1.165, 1.54) is 11.8 Å². The summed E-state index contributed by atoms with van der Waals surface area (Å²) in [6, 6.07) is -0.464. The maximum absolute atomic E-state index is 14.2. The molecular weight excluding hydrogens is 718 g/mol. The van der Waals surface area contributed by atoms with Crippen LogP contribution in [0.1, 0.15) is 119 Å². The molecule has 318 valence electrons. The standard InChI is InChI=1S/C44H71NO11/c1-26-17-27(2)19-38(53-8)41-39(54-9)21-29(4)44(51,56-41)42(49)43(50)45-16-11-10-14-34(45)25-55-40(28(3)20-32-13-12-15-35(23-32)52-7)31(6)36(47)24-37(48)33(18-26)22-30(5)46/h18,20,27,29,31-36,38-41,47,51H,10-17,19,21-25H2,1-9H3/b26-18+,28-20+. The lowest BCUT2D eigenvalue weighted by molar-refractivity contribution is -0.302. The Morgan fingerprint density at radius 3 is 2.30 bits per heavy atom.